The van der Waals surface area contributed by atoms with Gasteiger partial charge in [0.05, 0.1) is 0 Å². The molecule has 0 unspecified atom stereocenters. The van der Waals surface area contributed by atoms with E-state index >= 15 is 0 Å². The fraction of sp³-hybridized carbons (Fsp3) is 0.500. The number of rotatable bonds is 2. The molecule has 1 aliphatic rings. The zero-order chi connectivity index (χ0) is 10.2. The van der Waals surface area contributed by atoms with E-state index < -0.39 is 0 Å². The van der Waals surface area contributed by atoms with Crippen molar-refractivity contribution in [1.82, 2.24) is 0 Å². The first-order chi connectivity index (χ1) is 6.63. The number of aryl methyl sites for hydroxylation is 2. The molecule has 2 rings (SSSR count). The van der Waals surface area contributed by atoms with Gasteiger partial charge in [-0.1, -0.05) is 38.5 Å². The zero-order valence-corrected chi connectivity index (χ0v) is 12.6. The first-order valence-corrected chi connectivity index (χ1v) is 5.47. The standard InChI is InChI=1S/C14H18.Y/c1-4-14(2,3)13-9-8-11-6-5-7-12(11)10-13;/h8-9H,1,4-7H2,2-3H3;/q-2;. The van der Waals surface area contributed by atoms with Gasteiger partial charge in [0.25, 0.3) is 0 Å². The smallest absolute Gasteiger partial charge is 0 e. The molecule has 0 spiro atoms. The van der Waals surface area contributed by atoms with E-state index in [9.17, 15) is 0 Å². The fourth-order valence-electron chi connectivity index (χ4n) is 2.01. The molecule has 1 aliphatic carbocycles. The van der Waals surface area contributed by atoms with Crippen LogP contribution in [0.5, 0.6) is 0 Å². The van der Waals surface area contributed by atoms with Crippen LogP contribution in [0.25, 0.3) is 0 Å². The normalized spacial score (nSPS) is 14.6. The summed E-state index contributed by atoms with van der Waals surface area (Å²) in [6.07, 6.45) is 4.70. The zero-order valence-electron chi connectivity index (χ0n) is 9.77. The Kier molecular flexibility index (Phi) is 4.55. The van der Waals surface area contributed by atoms with Crippen LogP contribution in [0.1, 0.15) is 43.4 Å². The van der Waals surface area contributed by atoms with Crippen molar-refractivity contribution in [3.63, 3.8) is 0 Å². The average Bonchev–Trinajstić information content (AvgIpc) is 2.64. The van der Waals surface area contributed by atoms with Crippen LogP contribution < -0.4 is 0 Å². The summed E-state index contributed by atoms with van der Waals surface area (Å²) in [6, 6.07) is 8.09. The van der Waals surface area contributed by atoms with E-state index in [1.807, 2.05) is 0 Å². The third kappa shape index (κ3) is 2.71. The van der Waals surface area contributed by atoms with Crippen molar-refractivity contribution in [2.75, 3.05) is 0 Å². The summed E-state index contributed by atoms with van der Waals surface area (Å²) >= 11 is 0. The minimum Gasteiger partial charge on any atom is -0.343 e. The summed E-state index contributed by atoms with van der Waals surface area (Å²) in [5.74, 6) is 0. The molecule has 0 heterocycles. The third-order valence-electron chi connectivity index (χ3n) is 3.35. The first kappa shape index (κ1) is 13.4. The molecular formula is C14H18Y-2. The molecule has 0 saturated heterocycles. The Morgan fingerprint density at radius 2 is 2.07 bits per heavy atom. The number of fused-ring (bicyclic) bond motifs is 1. The van der Waals surface area contributed by atoms with E-state index in [1.165, 1.54) is 36.0 Å². The van der Waals surface area contributed by atoms with Gasteiger partial charge in [0.15, 0.2) is 0 Å². The summed E-state index contributed by atoms with van der Waals surface area (Å²) in [7, 11) is 0. The van der Waals surface area contributed by atoms with Gasteiger partial charge in [-0.2, -0.15) is 41.3 Å². The molecule has 1 heteroatoms. The third-order valence-corrected chi connectivity index (χ3v) is 3.35. The second-order valence-electron chi connectivity index (χ2n) is 4.86. The molecule has 0 saturated carbocycles. The Morgan fingerprint density at radius 1 is 1.33 bits per heavy atom. The van der Waals surface area contributed by atoms with Crippen LogP contribution in [0.4, 0.5) is 0 Å². The Balaban J connectivity index is 0.00000112. The number of benzene rings is 1. The predicted molar refractivity (Wildman–Crippen MR) is 60.3 cm³/mol. The van der Waals surface area contributed by atoms with Crippen LogP contribution in [-0.4, -0.2) is 0 Å². The summed E-state index contributed by atoms with van der Waals surface area (Å²) in [5.41, 5.74) is 4.46. The SMILES string of the molecule is [CH2-]CC(C)(C)c1[c-]c2c(cc1)CCC2.[Y]. The van der Waals surface area contributed by atoms with E-state index in [0.717, 1.165) is 6.42 Å². The summed E-state index contributed by atoms with van der Waals surface area (Å²) in [5, 5.41) is 0. The summed E-state index contributed by atoms with van der Waals surface area (Å²) < 4.78 is 0. The van der Waals surface area contributed by atoms with Gasteiger partial charge in [0.1, 0.15) is 0 Å². The topological polar surface area (TPSA) is 0 Å². The fourth-order valence-corrected chi connectivity index (χ4v) is 2.01. The van der Waals surface area contributed by atoms with Crippen LogP contribution in [0.3, 0.4) is 0 Å². The maximum Gasteiger partial charge on any atom is 0 e. The molecule has 0 aromatic heterocycles. The van der Waals surface area contributed by atoms with Crippen molar-refractivity contribution in [3.05, 3.63) is 41.8 Å². The van der Waals surface area contributed by atoms with Crippen LogP contribution in [0, 0.1) is 13.0 Å². The van der Waals surface area contributed by atoms with Gasteiger partial charge in [-0.15, -0.1) is 0 Å². The molecule has 0 bridgehead atoms. The second kappa shape index (κ2) is 5.10. The second-order valence-corrected chi connectivity index (χ2v) is 4.86. The Labute approximate surface area is 119 Å². The van der Waals surface area contributed by atoms with Gasteiger partial charge in [-0.3, -0.25) is 0 Å². The van der Waals surface area contributed by atoms with Gasteiger partial charge < -0.3 is 6.92 Å². The van der Waals surface area contributed by atoms with Gasteiger partial charge in [-0.05, 0) is 0 Å². The molecule has 0 nitrogen and oxygen atoms in total. The Morgan fingerprint density at radius 3 is 2.73 bits per heavy atom. The maximum atomic E-state index is 4.01. The molecule has 0 aliphatic heterocycles. The molecule has 1 radical (unpaired) electrons. The van der Waals surface area contributed by atoms with Crippen LogP contribution in [0.15, 0.2) is 12.1 Å². The van der Waals surface area contributed by atoms with Crippen molar-refractivity contribution >= 4 is 0 Å². The molecule has 15 heavy (non-hydrogen) atoms. The van der Waals surface area contributed by atoms with E-state index in [2.05, 4.69) is 39.0 Å². The maximum absolute atomic E-state index is 4.01. The van der Waals surface area contributed by atoms with Gasteiger partial charge >= 0.3 is 0 Å². The molecule has 0 atom stereocenters. The van der Waals surface area contributed by atoms with Crippen molar-refractivity contribution in [2.45, 2.75) is 44.9 Å². The van der Waals surface area contributed by atoms with Crippen molar-refractivity contribution < 1.29 is 32.7 Å². The quantitative estimate of drug-likeness (QED) is 0.725. The van der Waals surface area contributed by atoms with E-state index in [0.29, 0.717) is 0 Å². The van der Waals surface area contributed by atoms with Crippen molar-refractivity contribution in [3.8, 4) is 0 Å². The summed E-state index contributed by atoms with van der Waals surface area (Å²) in [6.45, 7) is 8.49. The molecule has 1 aromatic rings. The molecule has 79 valence electrons. The molecule has 0 amide bonds. The number of hydrogen-bond acceptors (Lipinski definition) is 0. The largest absolute Gasteiger partial charge is 0.343 e. The molecule has 0 N–H and O–H groups in total. The molecular weight excluding hydrogens is 257 g/mol. The minimum atomic E-state index is 0. The minimum absolute atomic E-state index is 0. The van der Waals surface area contributed by atoms with Gasteiger partial charge in [0.2, 0.25) is 0 Å². The predicted octanol–water partition coefficient (Wildman–Crippen LogP) is 3.47. The van der Waals surface area contributed by atoms with E-state index in [1.54, 1.807) is 0 Å². The van der Waals surface area contributed by atoms with Gasteiger partial charge in [-0.25, -0.2) is 0 Å². The Bertz CT molecular complexity index is 339. The first-order valence-electron chi connectivity index (χ1n) is 5.47. The average molecular weight is 275 g/mol. The van der Waals surface area contributed by atoms with Crippen LogP contribution >= 0.6 is 0 Å². The van der Waals surface area contributed by atoms with Crippen molar-refractivity contribution in [1.29, 1.82) is 0 Å². The molecule has 1 aromatic carbocycles. The van der Waals surface area contributed by atoms with E-state index in [-0.39, 0.29) is 38.1 Å². The molecule has 0 fully saturated rings. The number of hydrogen-bond donors (Lipinski definition) is 0. The summed E-state index contributed by atoms with van der Waals surface area (Å²) in [4.78, 5) is 0. The Hall–Kier alpha value is 0.324. The van der Waals surface area contributed by atoms with E-state index in [4.69, 9.17) is 0 Å². The monoisotopic (exact) mass is 275 g/mol. The van der Waals surface area contributed by atoms with Gasteiger partial charge in [0, 0.05) is 32.7 Å². The van der Waals surface area contributed by atoms with Crippen LogP contribution in [-0.2, 0) is 51.0 Å². The van der Waals surface area contributed by atoms with Crippen LogP contribution in [0.2, 0.25) is 0 Å². The van der Waals surface area contributed by atoms with Crippen molar-refractivity contribution in [2.24, 2.45) is 0 Å².